The molecule has 1 heterocycles. The maximum atomic E-state index is 11.3. The van der Waals surface area contributed by atoms with Gasteiger partial charge in [-0.1, -0.05) is 32.4 Å². The van der Waals surface area contributed by atoms with Crippen LogP contribution in [0, 0.1) is 5.41 Å². The van der Waals surface area contributed by atoms with Crippen LogP contribution in [0.2, 0.25) is 5.02 Å². The number of hydrogen-bond donors (Lipinski definition) is 2. The summed E-state index contributed by atoms with van der Waals surface area (Å²) >= 11 is 6.17. The van der Waals surface area contributed by atoms with Crippen molar-refractivity contribution in [3.8, 4) is 0 Å². The average molecular weight is 268 g/mol. The van der Waals surface area contributed by atoms with Crippen molar-refractivity contribution in [3.05, 3.63) is 28.3 Å². The highest BCUT2D eigenvalue weighted by atomic mass is 35.5. The Labute approximate surface area is 112 Å². The number of nitrogens with one attached hydrogen (secondary N) is 1. The van der Waals surface area contributed by atoms with Crippen LogP contribution in [0.25, 0.3) is 0 Å². The minimum Gasteiger partial charge on any atom is -0.388 e. The van der Waals surface area contributed by atoms with E-state index >= 15 is 0 Å². The Kier molecular flexibility index (Phi) is 3.39. The molecular formula is C14H18ClNO2. The third-order valence-corrected chi connectivity index (χ3v) is 3.34. The van der Waals surface area contributed by atoms with Gasteiger partial charge in [-0.05, 0) is 35.1 Å². The first-order valence-corrected chi connectivity index (χ1v) is 6.44. The van der Waals surface area contributed by atoms with Gasteiger partial charge >= 0.3 is 0 Å². The van der Waals surface area contributed by atoms with Gasteiger partial charge in [-0.3, -0.25) is 4.79 Å². The van der Waals surface area contributed by atoms with Gasteiger partial charge in [0.15, 0.2) is 0 Å². The minimum atomic E-state index is -0.599. The number of carbonyl (C=O) groups is 1. The molecule has 2 rings (SSSR count). The molecule has 1 amide bonds. The number of rotatable bonds is 2. The number of aliphatic hydroxyl groups is 1. The summed E-state index contributed by atoms with van der Waals surface area (Å²) in [6, 6.07) is 3.56. The Morgan fingerprint density at radius 3 is 2.72 bits per heavy atom. The predicted octanol–water partition coefficient (Wildman–Crippen LogP) is 3.30. The van der Waals surface area contributed by atoms with E-state index in [9.17, 15) is 9.90 Å². The van der Waals surface area contributed by atoms with E-state index in [1.165, 1.54) is 0 Å². The lowest BCUT2D eigenvalue weighted by molar-refractivity contribution is -0.115. The van der Waals surface area contributed by atoms with Gasteiger partial charge in [-0.15, -0.1) is 0 Å². The Balaban J connectivity index is 2.30. The number of halogens is 1. The molecule has 98 valence electrons. The van der Waals surface area contributed by atoms with E-state index < -0.39 is 6.10 Å². The molecule has 0 radical (unpaired) electrons. The highest BCUT2D eigenvalue weighted by Crippen LogP contribution is 2.37. The normalized spacial score (nSPS) is 16.4. The van der Waals surface area contributed by atoms with Gasteiger partial charge in [0.25, 0.3) is 0 Å². The van der Waals surface area contributed by atoms with Crippen molar-refractivity contribution in [2.24, 2.45) is 5.41 Å². The predicted molar refractivity (Wildman–Crippen MR) is 72.8 cm³/mol. The molecule has 0 aromatic heterocycles. The van der Waals surface area contributed by atoms with Crippen molar-refractivity contribution >= 4 is 23.2 Å². The second-order valence-electron chi connectivity index (χ2n) is 6.04. The summed E-state index contributed by atoms with van der Waals surface area (Å²) in [5.74, 6) is -0.0245. The average Bonchev–Trinajstić information content (AvgIpc) is 2.53. The standard InChI is InChI=1S/C14H18ClNO2/c1-14(2,3)7-12(17)9-4-8-5-13(18)16-11(8)6-10(9)15/h4,6,12,17H,5,7H2,1-3H3,(H,16,18). The Hall–Kier alpha value is -1.06. The van der Waals surface area contributed by atoms with Gasteiger partial charge in [0, 0.05) is 10.7 Å². The van der Waals surface area contributed by atoms with Crippen molar-refractivity contribution in [3.63, 3.8) is 0 Å². The SMILES string of the molecule is CC(C)(C)CC(O)c1cc2c(cc1Cl)NC(=O)C2. The van der Waals surface area contributed by atoms with Crippen molar-refractivity contribution in [2.45, 2.75) is 39.7 Å². The summed E-state index contributed by atoms with van der Waals surface area (Å²) in [4.78, 5) is 11.3. The molecule has 1 aromatic rings. The first-order valence-electron chi connectivity index (χ1n) is 6.06. The highest BCUT2D eigenvalue weighted by Gasteiger charge is 2.24. The first-order chi connectivity index (χ1) is 8.26. The zero-order chi connectivity index (χ0) is 13.5. The third-order valence-electron chi connectivity index (χ3n) is 3.01. The summed E-state index contributed by atoms with van der Waals surface area (Å²) in [5.41, 5.74) is 2.40. The maximum absolute atomic E-state index is 11.3. The summed E-state index contributed by atoms with van der Waals surface area (Å²) in [6.07, 6.45) is 0.396. The quantitative estimate of drug-likeness (QED) is 0.864. The number of amides is 1. The van der Waals surface area contributed by atoms with Crippen LogP contribution < -0.4 is 5.32 Å². The van der Waals surface area contributed by atoms with Crippen molar-refractivity contribution < 1.29 is 9.90 Å². The molecule has 3 nitrogen and oxygen atoms in total. The van der Waals surface area contributed by atoms with Crippen LogP contribution in [0.3, 0.4) is 0 Å². The van der Waals surface area contributed by atoms with Crippen LogP contribution in [0.4, 0.5) is 5.69 Å². The van der Waals surface area contributed by atoms with Crippen molar-refractivity contribution in [1.29, 1.82) is 0 Å². The Bertz CT molecular complexity index is 491. The molecule has 0 fully saturated rings. The molecule has 2 N–H and O–H groups in total. The third kappa shape index (κ3) is 2.85. The fourth-order valence-electron chi connectivity index (χ4n) is 2.21. The topological polar surface area (TPSA) is 49.3 Å². The number of benzene rings is 1. The molecular weight excluding hydrogens is 250 g/mol. The molecule has 1 aliphatic rings. The van der Waals surface area contributed by atoms with Gasteiger partial charge in [-0.2, -0.15) is 0 Å². The van der Waals surface area contributed by atoms with E-state index in [1.54, 1.807) is 6.07 Å². The van der Waals surface area contributed by atoms with Crippen LogP contribution in [0.15, 0.2) is 12.1 Å². The second-order valence-corrected chi connectivity index (χ2v) is 6.44. The fourth-order valence-corrected chi connectivity index (χ4v) is 2.50. The lowest BCUT2D eigenvalue weighted by Gasteiger charge is -2.23. The molecule has 1 aliphatic heterocycles. The van der Waals surface area contributed by atoms with Crippen LogP contribution in [-0.4, -0.2) is 11.0 Å². The van der Waals surface area contributed by atoms with Crippen molar-refractivity contribution in [1.82, 2.24) is 0 Å². The molecule has 0 saturated heterocycles. The first kappa shape index (κ1) is 13.4. The van der Waals surface area contributed by atoms with E-state index in [-0.39, 0.29) is 11.3 Å². The maximum Gasteiger partial charge on any atom is 0.228 e. The number of anilines is 1. The van der Waals surface area contributed by atoms with Crippen LogP contribution >= 0.6 is 11.6 Å². The van der Waals surface area contributed by atoms with Gasteiger partial charge in [-0.25, -0.2) is 0 Å². The van der Waals surface area contributed by atoms with Gasteiger partial charge < -0.3 is 10.4 Å². The Morgan fingerprint density at radius 2 is 2.11 bits per heavy atom. The Morgan fingerprint density at radius 1 is 1.44 bits per heavy atom. The number of hydrogen-bond acceptors (Lipinski definition) is 2. The lowest BCUT2D eigenvalue weighted by atomic mass is 9.86. The highest BCUT2D eigenvalue weighted by molar-refractivity contribution is 6.32. The number of carbonyl (C=O) groups excluding carboxylic acids is 1. The van der Waals surface area contributed by atoms with Crippen LogP contribution in [0.5, 0.6) is 0 Å². The minimum absolute atomic E-state index is 0.0236. The zero-order valence-corrected chi connectivity index (χ0v) is 11.6. The second kappa shape index (κ2) is 4.56. The summed E-state index contributed by atoms with van der Waals surface area (Å²) in [7, 11) is 0. The molecule has 1 atom stereocenters. The molecule has 0 bridgehead atoms. The molecule has 18 heavy (non-hydrogen) atoms. The smallest absolute Gasteiger partial charge is 0.228 e. The van der Waals surface area contributed by atoms with E-state index in [4.69, 9.17) is 11.6 Å². The number of aliphatic hydroxyl groups excluding tert-OH is 1. The van der Waals surface area contributed by atoms with Crippen molar-refractivity contribution in [2.75, 3.05) is 5.32 Å². The molecule has 0 saturated carbocycles. The van der Waals surface area contributed by atoms with E-state index in [1.807, 2.05) is 6.07 Å². The monoisotopic (exact) mass is 267 g/mol. The summed E-state index contributed by atoms with van der Waals surface area (Å²) in [5, 5.41) is 13.5. The van der Waals surface area contributed by atoms with Crippen LogP contribution in [0.1, 0.15) is 44.4 Å². The summed E-state index contributed by atoms with van der Waals surface area (Å²) in [6.45, 7) is 6.22. The van der Waals surface area contributed by atoms with Gasteiger partial charge in [0.05, 0.1) is 12.5 Å². The fraction of sp³-hybridized carbons (Fsp3) is 0.500. The van der Waals surface area contributed by atoms with E-state index in [0.29, 0.717) is 23.4 Å². The van der Waals surface area contributed by atoms with Gasteiger partial charge in [0.1, 0.15) is 0 Å². The molecule has 0 aliphatic carbocycles. The van der Waals surface area contributed by atoms with E-state index in [0.717, 1.165) is 11.3 Å². The molecule has 0 spiro atoms. The summed E-state index contributed by atoms with van der Waals surface area (Å²) < 4.78 is 0. The van der Waals surface area contributed by atoms with E-state index in [2.05, 4.69) is 26.1 Å². The molecule has 4 heteroatoms. The van der Waals surface area contributed by atoms with Gasteiger partial charge in [0.2, 0.25) is 5.91 Å². The molecule has 1 aromatic carbocycles. The largest absolute Gasteiger partial charge is 0.388 e. The van der Waals surface area contributed by atoms with Crippen LogP contribution in [-0.2, 0) is 11.2 Å². The zero-order valence-electron chi connectivity index (χ0n) is 10.9. The number of fused-ring (bicyclic) bond motifs is 1. The lowest BCUT2D eigenvalue weighted by Crippen LogP contribution is -2.12. The molecule has 1 unspecified atom stereocenters.